The van der Waals surface area contributed by atoms with Crippen molar-refractivity contribution < 1.29 is 9.47 Å². The van der Waals surface area contributed by atoms with Crippen LogP contribution in [0.5, 0.6) is 17.4 Å². The SMILES string of the molecule is CCOc1ccccc1Oc1cc(NC)nc(SC)n1. The van der Waals surface area contributed by atoms with Crippen LogP contribution in [0.3, 0.4) is 0 Å². The van der Waals surface area contributed by atoms with Crippen molar-refractivity contribution >= 4 is 17.6 Å². The van der Waals surface area contributed by atoms with Gasteiger partial charge in [0.2, 0.25) is 5.88 Å². The van der Waals surface area contributed by atoms with Crippen molar-refractivity contribution in [3.8, 4) is 17.4 Å². The molecule has 0 spiro atoms. The summed E-state index contributed by atoms with van der Waals surface area (Å²) in [7, 11) is 1.81. The van der Waals surface area contributed by atoms with E-state index in [9.17, 15) is 0 Å². The van der Waals surface area contributed by atoms with E-state index < -0.39 is 0 Å². The third kappa shape index (κ3) is 3.54. The minimum atomic E-state index is 0.487. The van der Waals surface area contributed by atoms with Gasteiger partial charge in [0.25, 0.3) is 0 Å². The van der Waals surface area contributed by atoms with Crippen LogP contribution in [-0.4, -0.2) is 29.9 Å². The van der Waals surface area contributed by atoms with Gasteiger partial charge in [-0.15, -0.1) is 0 Å². The Balaban J connectivity index is 2.29. The van der Waals surface area contributed by atoms with Crippen molar-refractivity contribution in [1.82, 2.24) is 9.97 Å². The third-order valence-corrected chi connectivity index (χ3v) is 3.03. The summed E-state index contributed by atoms with van der Waals surface area (Å²) in [4.78, 5) is 8.63. The Kier molecular flexibility index (Phi) is 5.06. The van der Waals surface area contributed by atoms with Crippen LogP contribution in [0.2, 0.25) is 0 Å². The summed E-state index contributed by atoms with van der Waals surface area (Å²) in [6, 6.07) is 9.28. The van der Waals surface area contributed by atoms with Gasteiger partial charge in [0.1, 0.15) is 5.82 Å². The van der Waals surface area contributed by atoms with E-state index in [2.05, 4.69) is 15.3 Å². The Morgan fingerprint density at radius 1 is 1.20 bits per heavy atom. The monoisotopic (exact) mass is 291 g/mol. The first kappa shape index (κ1) is 14.5. The Morgan fingerprint density at radius 3 is 2.60 bits per heavy atom. The largest absolute Gasteiger partial charge is 0.490 e. The Hall–Kier alpha value is -1.95. The van der Waals surface area contributed by atoms with Crippen LogP contribution in [0.1, 0.15) is 6.92 Å². The van der Waals surface area contributed by atoms with Crippen molar-refractivity contribution in [1.29, 1.82) is 0 Å². The lowest BCUT2D eigenvalue weighted by molar-refractivity contribution is 0.319. The molecule has 0 aliphatic carbocycles. The summed E-state index contributed by atoms with van der Waals surface area (Å²) >= 11 is 1.46. The van der Waals surface area contributed by atoms with E-state index in [1.807, 2.05) is 44.5 Å². The summed E-state index contributed by atoms with van der Waals surface area (Å²) in [6.07, 6.45) is 1.92. The van der Waals surface area contributed by atoms with Crippen LogP contribution in [0.15, 0.2) is 35.5 Å². The highest BCUT2D eigenvalue weighted by molar-refractivity contribution is 7.98. The number of nitrogens with one attached hydrogen (secondary N) is 1. The van der Waals surface area contributed by atoms with Crippen LogP contribution in [0.25, 0.3) is 0 Å². The molecule has 2 aromatic rings. The van der Waals surface area contributed by atoms with E-state index in [0.717, 1.165) is 0 Å². The molecule has 0 saturated heterocycles. The van der Waals surface area contributed by atoms with Gasteiger partial charge in [-0.2, -0.15) is 4.98 Å². The standard InChI is InChI=1S/C14H17N3O2S/c1-4-18-10-7-5-6-8-11(10)19-13-9-12(15-2)16-14(17-13)20-3/h5-9H,4H2,1-3H3,(H,15,16,17). The molecule has 1 N–H and O–H groups in total. The molecule has 0 atom stereocenters. The highest BCUT2D eigenvalue weighted by Gasteiger charge is 2.09. The van der Waals surface area contributed by atoms with E-state index in [4.69, 9.17) is 9.47 Å². The second kappa shape index (κ2) is 7.00. The lowest BCUT2D eigenvalue weighted by atomic mass is 10.3. The normalized spacial score (nSPS) is 10.2. The van der Waals surface area contributed by atoms with E-state index in [0.29, 0.717) is 35.0 Å². The minimum absolute atomic E-state index is 0.487. The molecule has 0 aliphatic heterocycles. The zero-order valence-electron chi connectivity index (χ0n) is 11.7. The maximum atomic E-state index is 5.82. The van der Waals surface area contributed by atoms with Gasteiger partial charge in [0.05, 0.1) is 6.61 Å². The van der Waals surface area contributed by atoms with Crippen molar-refractivity contribution in [3.63, 3.8) is 0 Å². The number of nitrogens with zero attached hydrogens (tertiary/aromatic N) is 2. The van der Waals surface area contributed by atoms with Gasteiger partial charge in [-0.25, -0.2) is 4.98 Å². The van der Waals surface area contributed by atoms with Gasteiger partial charge in [0, 0.05) is 13.1 Å². The maximum absolute atomic E-state index is 5.82. The zero-order valence-corrected chi connectivity index (χ0v) is 12.5. The van der Waals surface area contributed by atoms with Crippen LogP contribution < -0.4 is 14.8 Å². The summed E-state index contributed by atoms with van der Waals surface area (Å²) in [5.74, 6) is 2.54. The van der Waals surface area contributed by atoms with Crippen LogP contribution in [0, 0.1) is 0 Å². The average Bonchev–Trinajstić information content (AvgIpc) is 2.49. The number of benzene rings is 1. The molecule has 106 valence electrons. The number of para-hydroxylation sites is 2. The lowest BCUT2D eigenvalue weighted by Gasteiger charge is -2.11. The molecule has 0 radical (unpaired) electrons. The molecule has 2 rings (SSSR count). The fraction of sp³-hybridized carbons (Fsp3) is 0.286. The first-order valence-electron chi connectivity index (χ1n) is 6.27. The molecule has 0 unspecified atom stereocenters. The summed E-state index contributed by atoms with van der Waals surface area (Å²) < 4.78 is 11.4. The van der Waals surface area contributed by atoms with Crippen molar-refractivity contribution in [2.75, 3.05) is 25.2 Å². The van der Waals surface area contributed by atoms with Crippen molar-refractivity contribution in [3.05, 3.63) is 30.3 Å². The van der Waals surface area contributed by atoms with Gasteiger partial charge in [-0.1, -0.05) is 23.9 Å². The highest BCUT2D eigenvalue weighted by atomic mass is 32.2. The number of thioether (sulfide) groups is 1. The van der Waals surface area contributed by atoms with Crippen molar-refractivity contribution in [2.45, 2.75) is 12.1 Å². The minimum Gasteiger partial charge on any atom is -0.490 e. The molecule has 20 heavy (non-hydrogen) atoms. The molecule has 0 amide bonds. The lowest BCUT2D eigenvalue weighted by Crippen LogP contribution is -1.99. The van der Waals surface area contributed by atoms with Gasteiger partial charge in [-0.05, 0) is 25.3 Å². The number of aromatic nitrogens is 2. The second-order valence-corrected chi connectivity index (χ2v) is 4.58. The summed E-state index contributed by atoms with van der Waals surface area (Å²) in [6.45, 7) is 2.52. The van der Waals surface area contributed by atoms with E-state index in [-0.39, 0.29) is 0 Å². The summed E-state index contributed by atoms with van der Waals surface area (Å²) in [5.41, 5.74) is 0. The Bertz CT molecular complexity index is 556. The van der Waals surface area contributed by atoms with E-state index in [1.165, 1.54) is 11.8 Å². The molecular weight excluding hydrogens is 274 g/mol. The van der Waals surface area contributed by atoms with Crippen LogP contribution >= 0.6 is 11.8 Å². The highest BCUT2D eigenvalue weighted by Crippen LogP contribution is 2.31. The first-order valence-corrected chi connectivity index (χ1v) is 7.49. The Morgan fingerprint density at radius 2 is 1.95 bits per heavy atom. The quantitative estimate of drug-likeness (QED) is 0.650. The van der Waals surface area contributed by atoms with E-state index >= 15 is 0 Å². The fourth-order valence-corrected chi connectivity index (χ4v) is 1.97. The zero-order chi connectivity index (χ0) is 14.4. The number of hydrogen-bond donors (Lipinski definition) is 1. The van der Waals surface area contributed by atoms with Gasteiger partial charge >= 0.3 is 0 Å². The average molecular weight is 291 g/mol. The van der Waals surface area contributed by atoms with Gasteiger partial charge < -0.3 is 14.8 Å². The molecule has 0 fully saturated rings. The number of hydrogen-bond acceptors (Lipinski definition) is 6. The first-order chi connectivity index (χ1) is 9.76. The number of anilines is 1. The molecule has 5 nitrogen and oxygen atoms in total. The fourth-order valence-electron chi connectivity index (χ4n) is 1.60. The maximum Gasteiger partial charge on any atom is 0.225 e. The van der Waals surface area contributed by atoms with Gasteiger partial charge in [0.15, 0.2) is 16.7 Å². The third-order valence-electron chi connectivity index (χ3n) is 2.48. The molecule has 1 heterocycles. The van der Waals surface area contributed by atoms with Crippen LogP contribution in [0.4, 0.5) is 5.82 Å². The second-order valence-electron chi connectivity index (χ2n) is 3.81. The number of ether oxygens (including phenoxy) is 2. The number of rotatable bonds is 6. The molecular formula is C14H17N3O2S. The molecule has 6 heteroatoms. The van der Waals surface area contributed by atoms with E-state index in [1.54, 1.807) is 6.07 Å². The molecule has 0 bridgehead atoms. The molecule has 1 aromatic heterocycles. The molecule has 1 aromatic carbocycles. The predicted molar refractivity (Wildman–Crippen MR) is 81.0 cm³/mol. The Labute approximate surface area is 122 Å². The van der Waals surface area contributed by atoms with Gasteiger partial charge in [-0.3, -0.25) is 0 Å². The molecule has 0 aliphatic rings. The topological polar surface area (TPSA) is 56.3 Å². The van der Waals surface area contributed by atoms with Crippen LogP contribution in [-0.2, 0) is 0 Å². The summed E-state index contributed by atoms with van der Waals surface area (Å²) in [5, 5.41) is 3.65. The van der Waals surface area contributed by atoms with Crippen molar-refractivity contribution in [2.24, 2.45) is 0 Å². The predicted octanol–water partition coefficient (Wildman–Crippen LogP) is 3.43. The smallest absolute Gasteiger partial charge is 0.225 e. The molecule has 0 saturated carbocycles.